The molecule has 0 radical (unpaired) electrons. The van der Waals surface area contributed by atoms with E-state index >= 15 is 0 Å². The van der Waals surface area contributed by atoms with Crippen molar-refractivity contribution < 1.29 is 33.3 Å². The molecule has 1 atom stereocenters. The van der Waals surface area contributed by atoms with Crippen LogP contribution in [-0.2, 0) is 28.5 Å². The van der Waals surface area contributed by atoms with Gasteiger partial charge in [0.05, 0.1) is 13.7 Å². The number of hydrogen-bond donors (Lipinski definition) is 0. The summed E-state index contributed by atoms with van der Waals surface area (Å²) in [5.74, 6) is -1.53. The van der Waals surface area contributed by atoms with Gasteiger partial charge in [-0.05, 0) is 6.92 Å². The summed E-state index contributed by atoms with van der Waals surface area (Å²) in [6, 6.07) is 0. The van der Waals surface area contributed by atoms with Crippen LogP contribution in [0.25, 0.3) is 0 Å². The SMILES string of the molecule is CCOC(=O)OC(C)OC(=O)/C=C/C(=O)OC. The van der Waals surface area contributed by atoms with Crippen LogP contribution in [0.5, 0.6) is 0 Å². The Bertz CT molecular complexity index is 308. The lowest BCUT2D eigenvalue weighted by molar-refractivity contribution is -0.162. The normalized spacial score (nSPS) is 11.7. The standard InChI is InChI=1S/C10H14O7/c1-4-15-10(13)17-7(2)16-9(12)6-5-8(11)14-3/h5-7H,4H2,1-3H3/b6-5+. The summed E-state index contributed by atoms with van der Waals surface area (Å²) in [5, 5.41) is 0. The summed E-state index contributed by atoms with van der Waals surface area (Å²) in [6.07, 6.45) is -0.301. The highest BCUT2D eigenvalue weighted by molar-refractivity contribution is 5.91. The van der Waals surface area contributed by atoms with Crippen LogP contribution in [0.3, 0.4) is 0 Å². The molecule has 0 saturated carbocycles. The maximum Gasteiger partial charge on any atom is 0.511 e. The van der Waals surface area contributed by atoms with Crippen LogP contribution in [-0.4, -0.2) is 38.1 Å². The first-order valence-corrected chi connectivity index (χ1v) is 4.79. The second-order valence-corrected chi connectivity index (χ2v) is 2.66. The van der Waals surface area contributed by atoms with E-state index in [1.165, 1.54) is 14.0 Å². The van der Waals surface area contributed by atoms with E-state index in [1.54, 1.807) is 6.92 Å². The Kier molecular flexibility index (Phi) is 7.16. The highest BCUT2D eigenvalue weighted by Gasteiger charge is 2.13. The topological polar surface area (TPSA) is 88.1 Å². The smallest absolute Gasteiger partial charge is 0.466 e. The van der Waals surface area contributed by atoms with Gasteiger partial charge < -0.3 is 18.9 Å². The number of methoxy groups -OCH3 is 1. The molecule has 0 aliphatic rings. The third kappa shape index (κ3) is 7.83. The van der Waals surface area contributed by atoms with Crippen LogP contribution < -0.4 is 0 Å². The number of rotatable bonds is 5. The summed E-state index contributed by atoms with van der Waals surface area (Å²) in [7, 11) is 1.17. The summed E-state index contributed by atoms with van der Waals surface area (Å²) in [4.78, 5) is 32.5. The van der Waals surface area contributed by atoms with E-state index in [0.717, 1.165) is 12.2 Å². The molecule has 7 nitrogen and oxygen atoms in total. The Hall–Kier alpha value is -2.05. The predicted octanol–water partition coefficient (Wildman–Crippen LogP) is 0.778. The van der Waals surface area contributed by atoms with Crippen LogP contribution in [0.1, 0.15) is 13.8 Å². The number of carbonyl (C=O) groups excluding carboxylic acids is 3. The number of ether oxygens (including phenoxy) is 4. The van der Waals surface area contributed by atoms with Crippen LogP contribution in [0.4, 0.5) is 4.79 Å². The average molecular weight is 246 g/mol. The molecule has 1 unspecified atom stereocenters. The fourth-order valence-electron chi connectivity index (χ4n) is 0.718. The van der Waals surface area contributed by atoms with Gasteiger partial charge in [0.15, 0.2) is 0 Å². The zero-order valence-electron chi connectivity index (χ0n) is 9.80. The molecule has 0 bridgehead atoms. The lowest BCUT2D eigenvalue weighted by atomic mass is 10.5. The van der Waals surface area contributed by atoms with Gasteiger partial charge in [0.25, 0.3) is 0 Å². The van der Waals surface area contributed by atoms with Crippen LogP contribution in [0.2, 0.25) is 0 Å². The second-order valence-electron chi connectivity index (χ2n) is 2.66. The van der Waals surface area contributed by atoms with Gasteiger partial charge in [-0.3, -0.25) is 0 Å². The largest absolute Gasteiger partial charge is 0.511 e. The van der Waals surface area contributed by atoms with E-state index in [1.807, 2.05) is 0 Å². The molecule has 96 valence electrons. The molecule has 0 aromatic heterocycles. The Labute approximate surface area is 98.3 Å². The highest BCUT2D eigenvalue weighted by atomic mass is 16.8. The Morgan fingerprint density at radius 3 is 2.24 bits per heavy atom. The van der Waals surface area contributed by atoms with E-state index in [0.29, 0.717) is 0 Å². The molecule has 0 aliphatic heterocycles. The molecule has 17 heavy (non-hydrogen) atoms. The summed E-state index contributed by atoms with van der Waals surface area (Å²) >= 11 is 0. The van der Waals surface area contributed by atoms with Crippen molar-refractivity contribution in [2.45, 2.75) is 20.1 Å². The molecular formula is C10H14O7. The minimum Gasteiger partial charge on any atom is -0.466 e. The molecular weight excluding hydrogens is 232 g/mol. The van der Waals surface area contributed by atoms with Gasteiger partial charge >= 0.3 is 18.1 Å². The Morgan fingerprint density at radius 1 is 1.12 bits per heavy atom. The lowest BCUT2D eigenvalue weighted by Gasteiger charge is -2.11. The fraction of sp³-hybridized carbons (Fsp3) is 0.500. The fourth-order valence-corrected chi connectivity index (χ4v) is 0.718. The van der Waals surface area contributed by atoms with Gasteiger partial charge in [-0.1, -0.05) is 0 Å². The zero-order valence-corrected chi connectivity index (χ0v) is 9.80. The van der Waals surface area contributed by atoms with E-state index in [2.05, 4.69) is 18.9 Å². The van der Waals surface area contributed by atoms with Crippen molar-refractivity contribution in [1.29, 1.82) is 0 Å². The van der Waals surface area contributed by atoms with Gasteiger partial charge in [0.2, 0.25) is 6.29 Å². The molecule has 0 N–H and O–H groups in total. The van der Waals surface area contributed by atoms with Crippen molar-refractivity contribution in [2.24, 2.45) is 0 Å². The van der Waals surface area contributed by atoms with E-state index in [4.69, 9.17) is 0 Å². The van der Waals surface area contributed by atoms with Crippen molar-refractivity contribution in [1.82, 2.24) is 0 Å². The summed E-state index contributed by atoms with van der Waals surface area (Å²) < 4.78 is 17.9. The van der Waals surface area contributed by atoms with Crippen LogP contribution in [0.15, 0.2) is 12.2 Å². The average Bonchev–Trinajstić information content (AvgIpc) is 2.25. The van der Waals surface area contributed by atoms with Gasteiger partial charge in [-0.15, -0.1) is 0 Å². The molecule has 7 heteroatoms. The van der Waals surface area contributed by atoms with Gasteiger partial charge in [-0.2, -0.15) is 0 Å². The molecule has 0 rings (SSSR count). The van der Waals surface area contributed by atoms with Crippen molar-refractivity contribution in [3.05, 3.63) is 12.2 Å². The minimum atomic E-state index is -1.11. The summed E-state index contributed by atoms with van der Waals surface area (Å²) in [6.45, 7) is 3.10. The minimum absolute atomic E-state index is 0.155. The van der Waals surface area contributed by atoms with Crippen molar-refractivity contribution in [3.8, 4) is 0 Å². The molecule has 0 heterocycles. The van der Waals surface area contributed by atoms with E-state index < -0.39 is 24.4 Å². The quantitative estimate of drug-likeness (QED) is 0.306. The molecule has 0 aromatic carbocycles. The van der Waals surface area contributed by atoms with Crippen LogP contribution in [0, 0.1) is 0 Å². The third-order valence-electron chi connectivity index (χ3n) is 1.36. The van der Waals surface area contributed by atoms with Gasteiger partial charge in [0, 0.05) is 19.1 Å². The third-order valence-corrected chi connectivity index (χ3v) is 1.36. The van der Waals surface area contributed by atoms with Gasteiger partial charge in [-0.25, -0.2) is 14.4 Å². The number of hydrogen-bond acceptors (Lipinski definition) is 7. The lowest BCUT2D eigenvalue weighted by Crippen LogP contribution is -2.21. The molecule has 0 saturated heterocycles. The van der Waals surface area contributed by atoms with E-state index in [-0.39, 0.29) is 6.61 Å². The maximum atomic E-state index is 11.1. The summed E-state index contributed by atoms with van der Waals surface area (Å²) in [5.41, 5.74) is 0. The maximum absolute atomic E-state index is 11.1. The van der Waals surface area contributed by atoms with Crippen LogP contribution >= 0.6 is 0 Å². The Balaban J connectivity index is 3.99. The van der Waals surface area contributed by atoms with Crippen molar-refractivity contribution in [3.63, 3.8) is 0 Å². The predicted molar refractivity (Wildman–Crippen MR) is 54.8 cm³/mol. The zero-order chi connectivity index (χ0) is 13.3. The first-order valence-electron chi connectivity index (χ1n) is 4.79. The number of esters is 2. The van der Waals surface area contributed by atoms with Crippen molar-refractivity contribution >= 4 is 18.1 Å². The molecule has 0 aliphatic carbocycles. The molecule has 0 fully saturated rings. The number of carbonyl (C=O) groups is 3. The molecule has 0 aromatic rings. The first kappa shape index (κ1) is 14.9. The molecule has 0 amide bonds. The highest BCUT2D eigenvalue weighted by Crippen LogP contribution is 1.98. The first-order chi connectivity index (χ1) is 7.99. The van der Waals surface area contributed by atoms with E-state index in [9.17, 15) is 14.4 Å². The second kappa shape index (κ2) is 8.14. The molecule has 0 spiro atoms. The van der Waals surface area contributed by atoms with Crippen molar-refractivity contribution in [2.75, 3.05) is 13.7 Å². The Morgan fingerprint density at radius 2 is 1.71 bits per heavy atom. The monoisotopic (exact) mass is 246 g/mol. The van der Waals surface area contributed by atoms with Gasteiger partial charge in [0.1, 0.15) is 0 Å².